The van der Waals surface area contributed by atoms with Crippen LogP contribution < -0.4 is 0 Å². The van der Waals surface area contributed by atoms with Crippen LogP contribution in [0.5, 0.6) is 0 Å². The highest BCUT2D eigenvalue weighted by Crippen LogP contribution is 2.08. The SMILES string of the molecule is C[N+](C)(Br)CCCCBr. The van der Waals surface area contributed by atoms with Crippen LogP contribution in [0.4, 0.5) is 0 Å². The van der Waals surface area contributed by atoms with Crippen molar-refractivity contribution in [1.29, 1.82) is 0 Å². The van der Waals surface area contributed by atoms with Gasteiger partial charge in [0.2, 0.25) is 16.1 Å². The average molecular weight is 260 g/mol. The highest BCUT2D eigenvalue weighted by Gasteiger charge is 2.08. The molecule has 0 spiro atoms. The Labute approximate surface area is 74.5 Å². The highest BCUT2D eigenvalue weighted by molar-refractivity contribution is 9.09. The van der Waals surface area contributed by atoms with Gasteiger partial charge in [0.25, 0.3) is 0 Å². The zero-order valence-corrected chi connectivity index (χ0v) is 9.20. The number of quaternary nitrogens is 1. The number of alkyl halides is 1. The van der Waals surface area contributed by atoms with Crippen LogP contribution in [-0.4, -0.2) is 29.5 Å². The number of rotatable bonds is 4. The maximum atomic E-state index is 3.53. The molecule has 0 aromatic rings. The summed E-state index contributed by atoms with van der Waals surface area (Å²) in [5, 5.41) is 1.12. The van der Waals surface area contributed by atoms with Crippen molar-refractivity contribution in [3.8, 4) is 0 Å². The summed E-state index contributed by atoms with van der Waals surface area (Å²) in [4.78, 5) is 0. The number of unbranched alkanes of at least 4 members (excludes halogenated alkanes) is 1. The van der Waals surface area contributed by atoms with Crippen LogP contribution in [0.2, 0.25) is 0 Å². The summed E-state index contributed by atoms with van der Waals surface area (Å²) in [5.41, 5.74) is 0. The molecule has 0 fully saturated rings. The minimum absolute atomic E-state index is 0.903. The van der Waals surface area contributed by atoms with Crippen LogP contribution in [0.15, 0.2) is 0 Å². The van der Waals surface area contributed by atoms with E-state index in [1.54, 1.807) is 0 Å². The Hall–Kier alpha value is 0.920. The molecule has 1 nitrogen and oxygen atoms in total. The average Bonchev–Trinajstić information content (AvgIpc) is 1.63. The number of halogens is 2. The van der Waals surface area contributed by atoms with Gasteiger partial charge >= 0.3 is 0 Å². The third kappa shape index (κ3) is 8.92. The number of hydrogen-bond donors (Lipinski definition) is 0. The lowest BCUT2D eigenvalue weighted by Gasteiger charge is -2.18. The lowest BCUT2D eigenvalue weighted by Crippen LogP contribution is -2.27. The molecule has 0 radical (unpaired) electrons. The normalized spacial score (nSPS) is 12.0. The van der Waals surface area contributed by atoms with E-state index in [2.05, 4.69) is 46.2 Å². The third-order valence-electron chi connectivity index (χ3n) is 1.07. The molecule has 3 heteroatoms. The van der Waals surface area contributed by atoms with Crippen LogP contribution in [0.25, 0.3) is 0 Å². The van der Waals surface area contributed by atoms with E-state index in [0.717, 1.165) is 8.84 Å². The Morgan fingerprint density at radius 3 is 2.11 bits per heavy atom. The first-order valence-corrected chi connectivity index (χ1v) is 4.98. The van der Waals surface area contributed by atoms with Gasteiger partial charge in [-0.05, 0) is 12.8 Å². The van der Waals surface area contributed by atoms with Crippen molar-refractivity contribution in [2.24, 2.45) is 0 Å². The molecule has 0 saturated carbocycles. The van der Waals surface area contributed by atoms with Crippen LogP contribution in [0, 0.1) is 0 Å². The Kier molecular flexibility index (Phi) is 5.17. The first-order valence-electron chi connectivity index (χ1n) is 3.15. The summed E-state index contributed by atoms with van der Waals surface area (Å²) >= 11 is 6.93. The second-order valence-electron chi connectivity index (χ2n) is 2.66. The third-order valence-corrected chi connectivity index (χ3v) is 1.99. The quantitative estimate of drug-likeness (QED) is 0.414. The Bertz CT molecular complexity index is 67.9. The maximum absolute atomic E-state index is 3.53. The van der Waals surface area contributed by atoms with Crippen molar-refractivity contribution < 1.29 is 3.51 Å². The highest BCUT2D eigenvalue weighted by atomic mass is 79.9. The fraction of sp³-hybridized carbons (Fsp3) is 1.00. The van der Waals surface area contributed by atoms with Gasteiger partial charge in [0.05, 0.1) is 20.6 Å². The predicted molar refractivity (Wildman–Crippen MR) is 48.9 cm³/mol. The lowest BCUT2D eigenvalue weighted by atomic mass is 10.3. The van der Waals surface area contributed by atoms with Gasteiger partial charge in [0.15, 0.2) is 0 Å². The molecule has 0 rings (SSSR count). The molecule has 0 atom stereocenters. The molecule has 0 heterocycles. The molecule has 0 bridgehead atoms. The summed E-state index contributed by atoms with van der Waals surface area (Å²) in [7, 11) is 4.29. The van der Waals surface area contributed by atoms with Crippen molar-refractivity contribution >= 4 is 32.1 Å². The van der Waals surface area contributed by atoms with Crippen molar-refractivity contribution in [3.05, 3.63) is 0 Å². The topological polar surface area (TPSA) is 0 Å². The van der Waals surface area contributed by atoms with E-state index in [-0.39, 0.29) is 0 Å². The van der Waals surface area contributed by atoms with Crippen molar-refractivity contribution in [3.63, 3.8) is 0 Å². The summed E-state index contributed by atoms with van der Waals surface area (Å²) in [5.74, 6) is 0. The molecule has 0 aliphatic carbocycles. The second kappa shape index (κ2) is 4.69. The Morgan fingerprint density at radius 2 is 1.78 bits per heavy atom. The van der Waals surface area contributed by atoms with Crippen LogP contribution >= 0.6 is 32.1 Å². The lowest BCUT2D eigenvalue weighted by molar-refractivity contribution is -0.734. The monoisotopic (exact) mass is 258 g/mol. The van der Waals surface area contributed by atoms with Crippen LogP contribution in [0.3, 0.4) is 0 Å². The summed E-state index contributed by atoms with van der Waals surface area (Å²) < 4.78 is 0.903. The first kappa shape index (κ1) is 9.92. The zero-order valence-electron chi connectivity index (χ0n) is 6.03. The van der Waals surface area contributed by atoms with Gasteiger partial charge < -0.3 is 0 Å². The summed E-state index contributed by atoms with van der Waals surface area (Å²) in [6.45, 7) is 1.20. The van der Waals surface area contributed by atoms with Gasteiger partial charge in [-0.1, -0.05) is 15.9 Å². The Balaban J connectivity index is 3.07. The molecule has 0 aliphatic rings. The first-order chi connectivity index (χ1) is 4.06. The van der Waals surface area contributed by atoms with Crippen LogP contribution in [0.1, 0.15) is 12.8 Å². The maximum Gasteiger partial charge on any atom is 0.226 e. The van der Waals surface area contributed by atoms with E-state index in [9.17, 15) is 0 Å². The van der Waals surface area contributed by atoms with E-state index < -0.39 is 0 Å². The smallest absolute Gasteiger partial charge is 0.226 e. The van der Waals surface area contributed by atoms with E-state index >= 15 is 0 Å². The minimum Gasteiger partial charge on any atom is -0.261 e. The molecular weight excluding hydrogens is 246 g/mol. The van der Waals surface area contributed by atoms with Crippen molar-refractivity contribution in [1.82, 2.24) is 0 Å². The van der Waals surface area contributed by atoms with Gasteiger partial charge in [0, 0.05) is 5.33 Å². The van der Waals surface area contributed by atoms with Gasteiger partial charge in [-0.2, -0.15) is 0 Å². The zero-order chi connectivity index (χ0) is 7.33. The van der Waals surface area contributed by atoms with E-state index in [1.165, 1.54) is 19.4 Å². The minimum atomic E-state index is 0.903. The van der Waals surface area contributed by atoms with E-state index in [1.807, 2.05) is 0 Å². The molecule has 0 aliphatic heterocycles. The van der Waals surface area contributed by atoms with Gasteiger partial charge in [0.1, 0.15) is 0 Å². The van der Waals surface area contributed by atoms with Gasteiger partial charge in [-0.15, -0.1) is 0 Å². The van der Waals surface area contributed by atoms with Gasteiger partial charge in [-0.3, -0.25) is 3.51 Å². The molecule has 0 unspecified atom stereocenters. The molecular formula is C6H14Br2N+. The number of hydrogen-bond acceptors (Lipinski definition) is 0. The molecule has 0 saturated heterocycles. The molecule has 0 aromatic heterocycles. The second-order valence-corrected chi connectivity index (χ2v) is 5.37. The van der Waals surface area contributed by atoms with Crippen molar-refractivity contribution in [2.75, 3.05) is 26.0 Å². The largest absolute Gasteiger partial charge is 0.261 e. The summed E-state index contributed by atoms with van der Waals surface area (Å²) in [6.07, 6.45) is 2.55. The van der Waals surface area contributed by atoms with E-state index in [0.29, 0.717) is 0 Å². The number of nitrogens with zero attached hydrogens (tertiary/aromatic N) is 1. The Morgan fingerprint density at radius 1 is 1.22 bits per heavy atom. The standard InChI is InChI=1S/C6H14Br2N/c1-9(2,8)6-4-3-5-7/h3-6H2,1-2H3/q+1. The molecule has 56 valence electrons. The predicted octanol–water partition coefficient (Wildman–Crippen LogP) is 2.55. The molecule has 0 amide bonds. The fourth-order valence-corrected chi connectivity index (χ4v) is 1.23. The van der Waals surface area contributed by atoms with E-state index in [4.69, 9.17) is 0 Å². The molecule has 9 heavy (non-hydrogen) atoms. The van der Waals surface area contributed by atoms with Gasteiger partial charge in [-0.25, -0.2) is 0 Å². The van der Waals surface area contributed by atoms with Crippen LogP contribution in [-0.2, 0) is 0 Å². The van der Waals surface area contributed by atoms with Crippen molar-refractivity contribution in [2.45, 2.75) is 12.8 Å². The molecule has 0 N–H and O–H groups in total. The fourth-order valence-electron chi connectivity index (χ4n) is 0.582. The summed E-state index contributed by atoms with van der Waals surface area (Å²) in [6, 6.07) is 0. The molecule has 0 aromatic carbocycles.